The van der Waals surface area contributed by atoms with Crippen LogP contribution in [0.5, 0.6) is 0 Å². The number of likely N-dealkylation sites (tertiary alicyclic amines) is 1. The highest BCUT2D eigenvalue weighted by Gasteiger charge is 2.29. The molecule has 9 heteroatoms. The Kier molecular flexibility index (Phi) is 4.59. The zero-order valence-corrected chi connectivity index (χ0v) is 16.3. The highest BCUT2D eigenvalue weighted by molar-refractivity contribution is 7.15. The van der Waals surface area contributed by atoms with E-state index in [0.717, 1.165) is 23.5 Å². The van der Waals surface area contributed by atoms with Crippen LogP contribution < -0.4 is 0 Å². The maximum absolute atomic E-state index is 13.4. The molecule has 0 N–H and O–H groups in total. The SMILES string of the molecule is O=C(Cc1cn2ccsc2n1)N1CCCC(c2nc(-c3cccc(F)c3)no2)C1. The van der Waals surface area contributed by atoms with Crippen molar-refractivity contribution in [3.8, 4) is 11.4 Å². The Morgan fingerprint density at radius 3 is 3.14 bits per heavy atom. The summed E-state index contributed by atoms with van der Waals surface area (Å²) in [4.78, 5) is 24.4. The molecule has 4 heterocycles. The maximum atomic E-state index is 13.4. The van der Waals surface area contributed by atoms with Gasteiger partial charge in [-0.3, -0.25) is 9.20 Å². The number of hydrogen-bond donors (Lipinski definition) is 0. The minimum atomic E-state index is -0.345. The summed E-state index contributed by atoms with van der Waals surface area (Å²) in [5.74, 6) is 0.533. The van der Waals surface area contributed by atoms with Crippen molar-refractivity contribution in [3.63, 3.8) is 0 Å². The number of thiazole rings is 1. The Morgan fingerprint density at radius 1 is 1.34 bits per heavy atom. The van der Waals surface area contributed by atoms with Crippen molar-refractivity contribution >= 4 is 22.2 Å². The monoisotopic (exact) mass is 411 g/mol. The third-order valence-electron chi connectivity index (χ3n) is 5.12. The second-order valence-corrected chi connectivity index (χ2v) is 8.02. The Bertz CT molecular complexity index is 1140. The van der Waals surface area contributed by atoms with E-state index in [9.17, 15) is 9.18 Å². The van der Waals surface area contributed by atoms with Gasteiger partial charge in [-0.1, -0.05) is 17.3 Å². The lowest BCUT2D eigenvalue weighted by atomic mass is 9.97. The Hall–Kier alpha value is -3.07. The van der Waals surface area contributed by atoms with Crippen LogP contribution in [0, 0.1) is 5.82 Å². The molecule has 1 atom stereocenters. The maximum Gasteiger partial charge on any atom is 0.231 e. The van der Waals surface area contributed by atoms with Crippen LogP contribution in [-0.4, -0.2) is 43.4 Å². The molecule has 5 rings (SSSR count). The molecule has 3 aromatic heterocycles. The average Bonchev–Trinajstić information content (AvgIpc) is 3.44. The zero-order valence-electron chi connectivity index (χ0n) is 15.5. The van der Waals surface area contributed by atoms with Crippen molar-refractivity contribution in [2.45, 2.75) is 25.2 Å². The number of carbonyl (C=O) groups is 1. The number of rotatable bonds is 4. The molecule has 1 saturated heterocycles. The van der Waals surface area contributed by atoms with Gasteiger partial charge in [0.1, 0.15) is 5.82 Å². The van der Waals surface area contributed by atoms with E-state index in [1.807, 2.05) is 27.1 Å². The van der Waals surface area contributed by atoms with Gasteiger partial charge in [0.25, 0.3) is 0 Å². The molecule has 0 bridgehead atoms. The first kappa shape index (κ1) is 18.0. The fraction of sp³-hybridized carbons (Fsp3) is 0.300. The summed E-state index contributed by atoms with van der Waals surface area (Å²) in [5.41, 5.74) is 1.35. The molecule has 1 aromatic carbocycles. The normalized spacial score (nSPS) is 17.1. The summed E-state index contributed by atoms with van der Waals surface area (Å²) in [6, 6.07) is 6.10. The number of aromatic nitrogens is 4. The number of benzene rings is 1. The van der Waals surface area contributed by atoms with Crippen LogP contribution in [0.1, 0.15) is 30.3 Å². The summed E-state index contributed by atoms with van der Waals surface area (Å²) in [6.45, 7) is 1.24. The molecule has 0 spiro atoms. The van der Waals surface area contributed by atoms with Gasteiger partial charge in [0.15, 0.2) is 4.96 Å². The van der Waals surface area contributed by atoms with Gasteiger partial charge in [-0.25, -0.2) is 9.37 Å². The van der Waals surface area contributed by atoms with E-state index in [0.29, 0.717) is 30.4 Å². The van der Waals surface area contributed by atoms with Gasteiger partial charge < -0.3 is 9.42 Å². The number of halogens is 1. The van der Waals surface area contributed by atoms with Crippen LogP contribution in [0.3, 0.4) is 0 Å². The molecule has 4 aromatic rings. The Morgan fingerprint density at radius 2 is 2.28 bits per heavy atom. The molecular formula is C20H18FN5O2S. The molecule has 1 unspecified atom stereocenters. The van der Waals surface area contributed by atoms with E-state index in [1.54, 1.807) is 23.5 Å². The van der Waals surface area contributed by atoms with E-state index in [4.69, 9.17) is 4.52 Å². The molecule has 0 aliphatic carbocycles. The molecule has 1 amide bonds. The lowest BCUT2D eigenvalue weighted by molar-refractivity contribution is -0.131. The standard InChI is InChI=1S/C20H18FN5O2S/c21-15-5-1-3-13(9-15)18-23-19(28-24-18)14-4-2-6-25(11-14)17(27)10-16-12-26-7-8-29-20(26)22-16/h1,3,5,7-9,12,14H,2,4,6,10-11H2. The van der Waals surface area contributed by atoms with E-state index in [1.165, 1.54) is 12.1 Å². The zero-order chi connectivity index (χ0) is 19.8. The second-order valence-electron chi connectivity index (χ2n) is 7.15. The minimum Gasteiger partial charge on any atom is -0.342 e. The van der Waals surface area contributed by atoms with Crippen molar-refractivity contribution in [3.05, 3.63) is 59.4 Å². The summed E-state index contributed by atoms with van der Waals surface area (Å²) in [6.07, 6.45) is 5.85. The van der Waals surface area contributed by atoms with Gasteiger partial charge in [0.2, 0.25) is 17.6 Å². The van der Waals surface area contributed by atoms with E-state index < -0.39 is 0 Å². The van der Waals surface area contributed by atoms with Crippen LogP contribution >= 0.6 is 11.3 Å². The van der Waals surface area contributed by atoms with Crippen molar-refractivity contribution in [1.29, 1.82) is 0 Å². The third-order valence-corrected chi connectivity index (χ3v) is 5.89. The van der Waals surface area contributed by atoms with E-state index in [2.05, 4.69) is 15.1 Å². The first-order chi connectivity index (χ1) is 14.2. The molecule has 0 radical (unpaired) electrons. The highest BCUT2D eigenvalue weighted by Crippen LogP contribution is 2.28. The molecule has 29 heavy (non-hydrogen) atoms. The molecule has 1 fully saturated rings. The molecule has 1 aliphatic rings. The number of nitrogens with zero attached hydrogens (tertiary/aromatic N) is 5. The van der Waals surface area contributed by atoms with Crippen LogP contribution in [0.4, 0.5) is 4.39 Å². The van der Waals surface area contributed by atoms with Crippen LogP contribution in [0.25, 0.3) is 16.3 Å². The first-order valence-corrected chi connectivity index (χ1v) is 10.3. The van der Waals surface area contributed by atoms with Crippen molar-refractivity contribution < 1.29 is 13.7 Å². The summed E-state index contributed by atoms with van der Waals surface area (Å²) < 4.78 is 20.8. The molecule has 148 valence electrons. The van der Waals surface area contributed by atoms with Crippen LogP contribution in [0.15, 0.2) is 46.6 Å². The summed E-state index contributed by atoms with van der Waals surface area (Å²) in [5, 5.41) is 5.95. The number of fused-ring (bicyclic) bond motifs is 1. The molecule has 1 aliphatic heterocycles. The smallest absolute Gasteiger partial charge is 0.231 e. The lowest BCUT2D eigenvalue weighted by Gasteiger charge is -2.30. The number of imidazole rings is 1. The first-order valence-electron chi connectivity index (χ1n) is 9.44. The van der Waals surface area contributed by atoms with Crippen molar-refractivity contribution in [2.24, 2.45) is 0 Å². The van der Waals surface area contributed by atoms with Crippen molar-refractivity contribution in [1.82, 2.24) is 24.4 Å². The van der Waals surface area contributed by atoms with Gasteiger partial charge in [0.05, 0.1) is 18.0 Å². The van der Waals surface area contributed by atoms with Gasteiger partial charge in [-0.05, 0) is 25.0 Å². The predicted octanol–water partition coefficient (Wildman–Crippen LogP) is 3.53. The van der Waals surface area contributed by atoms with Gasteiger partial charge in [-0.15, -0.1) is 11.3 Å². The second kappa shape index (κ2) is 7.40. The number of piperidine rings is 1. The number of hydrogen-bond acceptors (Lipinski definition) is 6. The average molecular weight is 411 g/mol. The van der Waals surface area contributed by atoms with Gasteiger partial charge in [0, 0.05) is 36.4 Å². The number of amides is 1. The fourth-order valence-corrected chi connectivity index (χ4v) is 4.40. The fourth-order valence-electron chi connectivity index (χ4n) is 3.68. The van der Waals surface area contributed by atoms with Crippen LogP contribution in [-0.2, 0) is 11.2 Å². The van der Waals surface area contributed by atoms with E-state index >= 15 is 0 Å². The summed E-state index contributed by atoms with van der Waals surface area (Å²) in [7, 11) is 0. The lowest BCUT2D eigenvalue weighted by Crippen LogP contribution is -2.40. The topological polar surface area (TPSA) is 76.5 Å². The Labute approximate surface area is 169 Å². The molecule has 7 nitrogen and oxygen atoms in total. The van der Waals surface area contributed by atoms with Crippen molar-refractivity contribution in [2.75, 3.05) is 13.1 Å². The summed E-state index contributed by atoms with van der Waals surface area (Å²) >= 11 is 1.55. The number of carbonyl (C=O) groups excluding carboxylic acids is 1. The highest BCUT2D eigenvalue weighted by atomic mass is 32.1. The largest absolute Gasteiger partial charge is 0.342 e. The molecule has 0 saturated carbocycles. The Balaban J connectivity index is 1.28. The minimum absolute atomic E-state index is 0.0204. The van der Waals surface area contributed by atoms with Gasteiger partial charge in [-0.2, -0.15) is 4.98 Å². The van der Waals surface area contributed by atoms with Gasteiger partial charge >= 0.3 is 0 Å². The molecular weight excluding hydrogens is 393 g/mol. The predicted molar refractivity (Wildman–Crippen MR) is 105 cm³/mol. The quantitative estimate of drug-likeness (QED) is 0.513. The van der Waals surface area contributed by atoms with E-state index in [-0.39, 0.29) is 24.1 Å². The van der Waals surface area contributed by atoms with Crippen LogP contribution in [0.2, 0.25) is 0 Å². The third kappa shape index (κ3) is 3.65.